The minimum absolute atomic E-state index is 0.617. The van der Waals surface area contributed by atoms with Gasteiger partial charge in [-0.1, -0.05) is 12.1 Å². The molecule has 7 heteroatoms. The van der Waals surface area contributed by atoms with E-state index in [9.17, 15) is 4.79 Å². The molecule has 1 aromatic carbocycles. The number of rotatable bonds is 3. The fraction of sp³-hybridized carbons (Fsp3) is 0.0909. The van der Waals surface area contributed by atoms with Crippen molar-refractivity contribution in [2.24, 2.45) is 0 Å². The van der Waals surface area contributed by atoms with Crippen LogP contribution in [0.15, 0.2) is 29.8 Å². The molecule has 0 aliphatic rings. The fourth-order valence-corrected chi connectivity index (χ4v) is 2.11. The molecule has 0 aliphatic carbocycles. The van der Waals surface area contributed by atoms with Crippen LogP contribution in [-0.4, -0.2) is 11.1 Å². The van der Waals surface area contributed by atoms with Crippen LogP contribution in [0.4, 0.5) is 10.5 Å². The third kappa shape index (κ3) is 2.99. The summed E-state index contributed by atoms with van der Waals surface area (Å²) in [5, 5.41) is 2.85. The lowest BCUT2D eigenvalue weighted by molar-refractivity contribution is 0.213. The summed E-state index contributed by atoms with van der Waals surface area (Å²) < 4.78 is 4.30. The average Bonchev–Trinajstić information content (AvgIpc) is 2.91. The molecule has 2 rings (SSSR count). The van der Waals surface area contributed by atoms with Gasteiger partial charge in [0.05, 0.1) is 5.69 Å². The van der Waals surface area contributed by atoms with Gasteiger partial charge < -0.3 is 3.83 Å². The van der Waals surface area contributed by atoms with Gasteiger partial charge in [0, 0.05) is 17.1 Å². The normalized spacial score (nSPS) is 9.89. The van der Waals surface area contributed by atoms with Gasteiger partial charge in [-0.3, -0.25) is 5.43 Å². The first-order valence-corrected chi connectivity index (χ1v) is 6.58. The van der Waals surface area contributed by atoms with Crippen LogP contribution in [0.25, 0.3) is 10.6 Å². The number of carbonyl (C=O) groups excluding carboxylic acids is 1. The lowest BCUT2D eigenvalue weighted by atomic mass is 10.1. The van der Waals surface area contributed by atoms with Crippen molar-refractivity contribution in [3.63, 3.8) is 0 Å². The first-order chi connectivity index (χ1) is 8.70. The number of aryl methyl sites for hydroxylation is 1. The van der Waals surface area contributed by atoms with Gasteiger partial charge in [0.2, 0.25) is 0 Å². The lowest BCUT2D eigenvalue weighted by Gasteiger charge is -2.10. The molecule has 0 aliphatic heterocycles. The third-order valence-corrected chi connectivity index (χ3v) is 3.40. The average molecular weight is 328 g/mol. The second kappa shape index (κ2) is 5.83. The molecule has 0 bridgehead atoms. The third-order valence-electron chi connectivity index (χ3n) is 2.29. The molecule has 2 aromatic rings. The van der Waals surface area contributed by atoms with Crippen molar-refractivity contribution in [3.8, 4) is 10.6 Å². The lowest BCUT2D eigenvalue weighted by Crippen LogP contribution is -2.28. The summed E-state index contributed by atoms with van der Waals surface area (Å²) in [5.41, 5.74) is 7.96. The summed E-state index contributed by atoms with van der Waals surface area (Å²) in [5.74, 6) is 0. The van der Waals surface area contributed by atoms with Crippen LogP contribution < -0.4 is 10.9 Å². The van der Waals surface area contributed by atoms with Crippen molar-refractivity contribution in [1.29, 1.82) is 0 Å². The summed E-state index contributed by atoms with van der Waals surface area (Å²) in [6, 6.07) is 5.87. The minimum Gasteiger partial charge on any atom is -0.366 e. The van der Waals surface area contributed by atoms with E-state index < -0.39 is 6.09 Å². The van der Waals surface area contributed by atoms with Crippen molar-refractivity contribution >= 4 is 39.4 Å². The standard InChI is InChI=1S/C11H10BrN3O2S/c1-7-2-3-8(10-13-4-5-18-10)6-9(7)14-15-11(16)17-12/h2-6,14H,1H3,(H,15,16). The van der Waals surface area contributed by atoms with E-state index in [4.69, 9.17) is 0 Å². The number of thiazole rings is 1. The van der Waals surface area contributed by atoms with E-state index in [1.165, 1.54) is 0 Å². The molecule has 0 saturated carbocycles. The van der Waals surface area contributed by atoms with Crippen molar-refractivity contribution in [2.75, 3.05) is 5.43 Å². The highest BCUT2D eigenvalue weighted by atomic mass is 79.9. The van der Waals surface area contributed by atoms with Gasteiger partial charge in [0.1, 0.15) is 5.01 Å². The largest absolute Gasteiger partial charge is 0.437 e. The molecule has 1 amide bonds. The SMILES string of the molecule is Cc1ccc(-c2nccs2)cc1NNC(=O)OBr. The fourth-order valence-electron chi connectivity index (χ4n) is 1.39. The maximum Gasteiger partial charge on any atom is 0.437 e. The Labute approximate surface area is 117 Å². The number of aromatic nitrogens is 1. The molecule has 1 aromatic heterocycles. The highest BCUT2D eigenvalue weighted by molar-refractivity contribution is 9.06. The van der Waals surface area contributed by atoms with Gasteiger partial charge in [-0.05, 0) is 18.6 Å². The highest BCUT2D eigenvalue weighted by Gasteiger charge is 2.06. The molecule has 0 fully saturated rings. The van der Waals surface area contributed by atoms with E-state index >= 15 is 0 Å². The predicted molar refractivity (Wildman–Crippen MR) is 74.5 cm³/mol. The van der Waals surface area contributed by atoms with Crippen LogP contribution in [0.1, 0.15) is 5.56 Å². The monoisotopic (exact) mass is 327 g/mol. The molecule has 0 radical (unpaired) electrons. The predicted octanol–water partition coefficient (Wildman–Crippen LogP) is 3.48. The Morgan fingerprint density at radius 3 is 3.00 bits per heavy atom. The first kappa shape index (κ1) is 12.8. The second-order valence-electron chi connectivity index (χ2n) is 3.48. The maximum atomic E-state index is 11.0. The van der Waals surface area contributed by atoms with Crippen molar-refractivity contribution in [2.45, 2.75) is 6.92 Å². The number of nitrogens with zero attached hydrogens (tertiary/aromatic N) is 1. The number of amides is 1. The van der Waals surface area contributed by atoms with Gasteiger partial charge in [-0.15, -0.1) is 11.3 Å². The Hall–Kier alpha value is -1.60. The summed E-state index contributed by atoms with van der Waals surface area (Å²) in [4.78, 5) is 15.2. The summed E-state index contributed by atoms with van der Waals surface area (Å²) in [7, 11) is 0. The molecule has 94 valence electrons. The zero-order valence-electron chi connectivity index (χ0n) is 9.44. The number of hydrogen-bond donors (Lipinski definition) is 2. The second-order valence-corrected chi connectivity index (χ2v) is 4.70. The Morgan fingerprint density at radius 2 is 2.33 bits per heavy atom. The van der Waals surface area contributed by atoms with Crippen LogP contribution in [-0.2, 0) is 3.83 Å². The molecule has 18 heavy (non-hydrogen) atoms. The Kier molecular flexibility index (Phi) is 4.16. The summed E-state index contributed by atoms with van der Waals surface area (Å²) in [6.45, 7) is 1.94. The molecule has 1 heterocycles. The Bertz CT molecular complexity index is 545. The topological polar surface area (TPSA) is 63.2 Å². The van der Waals surface area contributed by atoms with Crippen molar-refractivity contribution < 1.29 is 8.62 Å². The number of carbonyl (C=O) groups is 1. The Morgan fingerprint density at radius 1 is 1.50 bits per heavy atom. The number of hydrazine groups is 1. The van der Waals surface area contributed by atoms with E-state index in [-0.39, 0.29) is 0 Å². The number of anilines is 1. The van der Waals surface area contributed by atoms with Crippen molar-refractivity contribution in [1.82, 2.24) is 10.4 Å². The van der Waals surface area contributed by atoms with Gasteiger partial charge in [-0.2, -0.15) is 0 Å². The molecule has 0 unspecified atom stereocenters. The van der Waals surface area contributed by atoms with E-state index in [0.29, 0.717) is 0 Å². The van der Waals surface area contributed by atoms with Crippen LogP contribution in [0.5, 0.6) is 0 Å². The number of benzene rings is 1. The quantitative estimate of drug-likeness (QED) is 0.847. The smallest absolute Gasteiger partial charge is 0.366 e. The van der Waals surface area contributed by atoms with E-state index in [1.807, 2.05) is 30.5 Å². The van der Waals surface area contributed by atoms with Crippen LogP contribution >= 0.6 is 27.6 Å². The molecule has 0 atom stereocenters. The number of nitrogens with one attached hydrogen (secondary N) is 2. The zero-order chi connectivity index (χ0) is 13.0. The van der Waals surface area contributed by atoms with E-state index in [2.05, 4.69) is 35.9 Å². The van der Waals surface area contributed by atoms with Crippen LogP contribution in [0.2, 0.25) is 0 Å². The highest BCUT2D eigenvalue weighted by Crippen LogP contribution is 2.26. The zero-order valence-corrected chi connectivity index (χ0v) is 11.8. The van der Waals surface area contributed by atoms with E-state index in [1.54, 1.807) is 17.5 Å². The van der Waals surface area contributed by atoms with Gasteiger partial charge >= 0.3 is 6.09 Å². The Balaban J connectivity index is 2.19. The molecule has 5 nitrogen and oxygen atoms in total. The van der Waals surface area contributed by atoms with Crippen LogP contribution in [0.3, 0.4) is 0 Å². The number of halogens is 1. The van der Waals surface area contributed by atoms with Crippen molar-refractivity contribution in [3.05, 3.63) is 35.3 Å². The van der Waals surface area contributed by atoms with Gasteiger partial charge in [0.15, 0.2) is 16.3 Å². The molecular weight excluding hydrogens is 318 g/mol. The maximum absolute atomic E-state index is 11.0. The summed E-state index contributed by atoms with van der Waals surface area (Å²) >= 11 is 4.15. The number of hydrogen-bond acceptors (Lipinski definition) is 5. The summed E-state index contributed by atoms with van der Waals surface area (Å²) in [6.07, 6.45) is 1.14. The van der Waals surface area contributed by atoms with Crippen LogP contribution in [0, 0.1) is 6.92 Å². The first-order valence-electron chi connectivity index (χ1n) is 5.06. The molecular formula is C11H10BrN3O2S. The molecule has 0 spiro atoms. The van der Waals surface area contributed by atoms with E-state index in [0.717, 1.165) is 21.8 Å². The van der Waals surface area contributed by atoms with Gasteiger partial charge in [0.25, 0.3) is 0 Å². The minimum atomic E-state index is -0.617. The molecule has 0 saturated heterocycles. The molecule has 2 N–H and O–H groups in total. The van der Waals surface area contributed by atoms with Gasteiger partial charge in [-0.25, -0.2) is 15.2 Å².